The first-order valence-corrected chi connectivity index (χ1v) is 9.91. The van der Waals surface area contributed by atoms with E-state index in [1.807, 2.05) is 6.92 Å². The first-order valence-electron chi connectivity index (χ1n) is 9.91. The number of allylic oxidation sites excluding steroid dienone is 2. The molecular weight excluding hydrogens is 284 g/mol. The van der Waals surface area contributed by atoms with Crippen LogP contribution in [0, 0.1) is 0 Å². The summed E-state index contributed by atoms with van der Waals surface area (Å²) in [6.07, 6.45) is 17.2. The predicted octanol–water partition coefficient (Wildman–Crippen LogP) is 5.05. The van der Waals surface area contributed by atoms with Crippen LogP contribution in [-0.4, -0.2) is 41.3 Å². The first kappa shape index (κ1) is 20.4. The topological polar surface area (TPSA) is 32.6 Å². The standard InChI is InChI=1S/C20H39N2O/c1-4-6-7-8-9-10-11-12-13-14-15-16-20-21-17-18-22(20,5-2)19(3)23/h13-14,19,23H,4-12,15-18H2,1-3H3/q+1/b14-13+. The van der Waals surface area contributed by atoms with Gasteiger partial charge in [-0.3, -0.25) is 4.48 Å². The van der Waals surface area contributed by atoms with Gasteiger partial charge in [-0.15, -0.1) is 0 Å². The number of quaternary nitrogens is 1. The Morgan fingerprint density at radius 3 is 2.35 bits per heavy atom. The maximum atomic E-state index is 10.1. The summed E-state index contributed by atoms with van der Waals surface area (Å²) < 4.78 is 0.686. The first-order chi connectivity index (χ1) is 11.2. The number of aliphatic imine (C=N–C) groups is 1. The van der Waals surface area contributed by atoms with Crippen LogP contribution in [0.5, 0.6) is 0 Å². The van der Waals surface area contributed by atoms with Crippen molar-refractivity contribution in [2.75, 3.05) is 19.6 Å². The summed E-state index contributed by atoms with van der Waals surface area (Å²) in [6, 6.07) is 0. The summed E-state index contributed by atoms with van der Waals surface area (Å²) in [5.41, 5.74) is 0. The van der Waals surface area contributed by atoms with Gasteiger partial charge in [-0.25, -0.2) is 4.99 Å². The lowest BCUT2D eigenvalue weighted by molar-refractivity contribution is -0.882. The van der Waals surface area contributed by atoms with Crippen LogP contribution in [0.2, 0.25) is 0 Å². The SMILES string of the molecule is CCCCCCCCC/C=C/CCC1=NCC[N+]1(CC)C(C)O. The Morgan fingerprint density at radius 2 is 1.70 bits per heavy atom. The van der Waals surface area contributed by atoms with Gasteiger partial charge in [0, 0.05) is 13.3 Å². The number of aliphatic hydroxyl groups is 1. The minimum atomic E-state index is -0.335. The summed E-state index contributed by atoms with van der Waals surface area (Å²) in [5, 5.41) is 10.1. The fourth-order valence-corrected chi connectivity index (χ4v) is 3.60. The van der Waals surface area contributed by atoms with Gasteiger partial charge >= 0.3 is 0 Å². The lowest BCUT2D eigenvalue weighted by Crippen LogP contribution is -2.56. The lowest BCUT2D eigenvalue weighted by atomic mass is 10.1. The highest BCUT2D eigenvalue weighted by molar-refractivity contribution is 5.77. The van der Waals surface area contributed by atoms with E-state index in [-0.39, 0.29) is 6.23 Å². The van der Waals surface area contributed by atoms with Crippen molar-refractivity contribution in [3.05, 3.63) is 12.2 Å². The zero-order valence-corrected chi connectivity index (χ0v) is 15.8. The highest BCUT2D eigenvalue weighted by Crippen LogP contribution is 2.22. The Bertz CT molecular complexity index is 363. The van der Waals surface area contributed by atoms with E-state index in [0.717, 1.165) is 32.5 Å². The van der Waals surface area contributed by atoms with Gasteiger partial charge in [-0.05, 0) is 26.2 Å². The minimum Gasteiger partial charge on any atom is -0.345 e. The molecule has 1 rings (SSSR count). The van der Waals surface area contributed by atoms with Crippen molar-refractivity contribution in [1.82, 2.24) is 0 Å². The Labute approximate surface area is 144 Å². The van der Waals surface area contributed by atoms with Gasteiger partial charge in [-0.2, -0.15) is 0 Å². The number of hydrogen-bond donors (Lipinski definition) is 1. The molecule has 134 valence electrons. The molecule has 3 nitrogen and oxygen atoms in total. The monoisotopic (exact) mass is 323 g/mol. The predicted molar refractivity (Wildman–Crippen MR) is 101 cm³/mol. The number of unbranched alkanes of at least 4 members (excludes halogenated alkanes) is 7. The van der Waals surface area contributed by atoms with Crippen LogP contribution in [0.1, 0.15) is 85.0 Å². The van der Waals surface area contributed by atoms with Gasteiger partial charge in [0.2, 0.25) is 5.84 Å². The van der Waals surface area contributed by atoms with Crippen molar-refractivity contribution in [2.24, 2.45) is 4.99 Å². The molecule has 1 heterocycles. The van der Waals surface area contributed by atoms with Gasteiger partial charge in [0.25, 0.3) is 0 Å². The van der Waals surface area contributed by atoms with E-state index in [1.54, 1.807) is 0 Å². The van der Waals surface area contributed by atoms with Gasteiger partial charge in [-0.1, -0.05) is 57.6 Å². The van der Waals surface area contributed by atoms with Crippen LogP contribution in [-0.2, 0) is 0 Å². The molecule has 0 saturated heterocycles. The van der Waals surface area contributed by atoms with E-state index in [4.69, 9.17) is 0 Å². The van der Waals surface area contributed by atoms with Crippen LogP contribution >= 0.6 is 0 Å². The van der Waals surface area contributed by atoms with E-state index in [0.29, 0.717) is 4.48 Å². The quantitative estimate of drug-likeness (QED) is 0.287. The normalized spacial score (nSPS) is 22.7. The number of aliphatic hydroxyl groups excluding tert-OH is 1. The Hall–Kier alpha value is -0.670. The van der Waals surface area contributed by atoms with E-state index < -0.39 is 0 Å². The highest BCUT2D eigenvalue weighted by Gasteiger charge is 2.40. The maximum Gasteiger partial charge on any atom is 0.200 e. The van der Waals surface area contributed by atoms with Crippen molar-refractivity contribution < 1.29 is 9.59 Å². The number of nitrogens with zero attached hydrogens (tertiary/aromatic N) is 2. The van der Waals surface area contributed by atoms with Crippen LogP contribution in [0.3, 0.4) is 0 Å². The third-order valence-electron chi connectivity index (χ3n) is 5.26. The highest BCUT2D eigenvalue weighted by atomic mass is 16.3. The van der Waals surface area contributed by atoms with Crippen LogP contribution in [0.15, 0.2) is 17.1 Å². The molecule has 1 N–H and O–H groups in total. The molecule has 2 atom stereocenters. The third kappa shape index (κ3) is 6.76. The average Bonchev–Trinajstić information content (AvgIpc) is 2.97. The van der Waals surface area contributed by atoms with Gasteiger partial charge in [0.1, 0.15) is 6.54 Å². The fraction of sp³-hybridized carbons (Fsp3) is 0.850. The van der Waals surface area contributed by atoms with Crippen LogP contribution < -0.4 is 0 Å². The van der Waals surface area contributed by atoms with Gasteiger partial charge in [0.15, 0.2) is 6.23 Å². The molecule has 0 fully saturated rings. The molecule has 0 aliphatic carbocycles. The summed E-state index contributed by atoms with van der Waals surface area (Å²) in [4.78, 5) is 4.66. The maximum absolute atomic E-state index is 10.1. The molecule has 0 amide bonds. The zero-order chi connectivity index (χ0) is 17.0. The second-order valence-electron chi connectivity index (χ2n) is 6.92. The summed E-state index contributed by atoms with van der Waals surface area (Å²) >= 11 is 0. The number of rotatable bonds is 13. The molecule has 0 bridgehead atoms. The molecule has 0 aromatic heterocycles. The van der Waals surface area contributed by atoms with E-state index in [1.165, 1.54) is 57.2 Å². The molecule has 3 heteroatoms. The second kappa shape index (κ2) is 11.8. The largest absolute Gasteiger partial charge is 0.345 e. The van der Waals surface area contributed by atoms with E-state index >= 15 is 0 Å². The van der Waals surface area contributed by atoms with E-state index in [9.17, 15) is 5.11 Å². The number of amidine groups is 1. The van der Waals surface area contributed by atoms with Crippen molar-refractivity contribution in [1.29, 1.82) is 0 Å². The molecular formula is C20H39N2O+. The minimum absolute atomic E-state index is 0.335. The molecule has 2 unspecified atom stereocenters. The molecule has 1 aliphatic heterocycles. The van der Waals surface area contributed by atoms with Crippen molar-refractivity contribution >= 4 is 5.84 Å². The average molecular weight is 324 g/mol. The van der Waals surface area contributed by atoms with Gasteiger partial charge in [0.05, 0.1) is 13.1 Å². The van der Waals surface area contributed by atoms with E-state index in [2.05, 4.69) is 31.0 Å². The summed E-state index contributed by atoms with van der Waals surface area (Å²) in [7, 11) is 0. The van der Waals surface area contributed by atoms with Crippen LogP contribution in [0.4, 0.5) is 0 Å². The molecule has 0 saturated carbocycles. The van der Waals surface area contributed by atoms with Crippen molar-refractivity contribution in [3.63, 3.8) is 0 Å². The smallest absolute Gasteiger partial charge is 0.200 e. The summed E-state index contributed by atoms with van der Waals surface area (Å²) in [5.74, 6) is 1.20. The molecule has 0 radical (unpaired) electrons. The molecule has 0 aromatic carbocycles. The second-order valence-corrected chi connectivity index (χ2v) is 6.92. The van der Waals surface area contributed by atoms with Crippen molar-refractivity contribution in [3.8, 4) is 0 Å². The molecule has 0 aromatic rings. The Kier molecular flexibility index (Phi) is 10.5. The third-order valence-corrected chi connectivity index (χ3v) is 5.26. The lowest BCUT2D eigenvalue weighted by Gasteiger charge is -2.36. The molecule has 1 aliphatic rings. The number of likely N-dealkylation sites (N-methyl/N-ethyl adjacent to an activating group) is 1. The van der Waals surface area contributed by atoms with Gasteiger partial charge < -0.3 is 5.11 Å². The zero-order valence-electron chi connectivity index (χ0n) is 15.8. The summed E-state index contributed by atoms with van der Waals surface area (Å²) in [6.45, 7) is 9.11. The fourth-order valence-electron chi connectivity index (χ4n) is 3.60. The number of hydrogen-bond acceptors (Lipinski definition) is 2. The molecule has 23 heavy (non-hydrogen) atoms. The van der Waals surface area contributed by atoms with Crippen molar-refractivity contribution in [2.45, 2.75) is 91.2 Å². The Balaban J connectivity index is 2.12. The molecule has 0 spiro atoms. The van der Waals surface area contributed by atoms with Crippen LogP contribution in [0.25, 0.3) is 0 Å². The Morgan fingerprint density at radius 1 is 1.04 bits per heavy atom.